The molecule has 1 aliphatic rings. The lowest BCUT2D eigenvalue weighted by atomic mass is 9.96. The Hall–Kier alpha value is -2.14. The van der Waals surface area contributed by atoms with Crippen molar-refractivity contribution in [3.05, 3.63) is 41.1 Å². The van der Waals surface area contributed by atoms with Gasteiger partial charge in [-0.05, 0) is 63.9 Å². The highest BCUT2D eigenvalue weighted by molar-refractivity contribution is 5.72. The van der Waals surface area contributed by atoms with Gasteiger partial charge in [-0.25, -0.2) is 0 Å². The highest BCUT2D eigenvalue weighted by Gasteiger charge is 2.26. The van der Waals surface area contributed by atoms with Crippen molar-refractivity contribution in [1.82, 2.24) is 15.1 Å². The second-order valence-corrected chi connectivity index (χ2v) is 6.87. The molecule has 2 aromatic rings. The Morgan fingerprint density at radius 1 is 1.28 bits per heavy atom. The molecule has 0 bridgehead atoms. The number of benzene rings is 1. The second kappa shape index (κ2) is 7.83. The smallest absolute Gasteiger partial charge is 0.309 e. The first kappa shape index (κ1) is 17.7. The first-order valence-corrected chi connectivity index (χ1v) is 9.07. The molecule has 0 atom stereocenters. The maximum atomic E-state index is 11.9. The van der Waals surface area contributed by atoms with Gasteiger partial charge in [0.25, 0.3) is 0 Å². The van der Waals surface area contributed by atoms with Gasteiger partial charge < -0.3 is 4.74 Å². The van der Waals surface area contributed by atoms with Crippen LogP contribution in [0, 0.1) is 19.8 Å². The lowest BCUT2D eigenvalue weighted by Crippen LogP contribution is -2.36. The summed E-state index contributed by atoms with van der Waals surface area (Å²) in [7, 11) is 0. The molecule has 3 rings (SSSR count). The van der Waals surface area contributed by atoms with E-state index in [1.807, 2.05) is 13.1 Å². The highest BCUT2D eigenvalue weighted by atomic mass is 16.5. The summed E-state index contributed by atoms with van der Waals surface area (Å²) in [5.41, 5.74) is 6.06. The van der Waals surface area contributed by atoms with Crippen molar-refractivity contribution in [2.75, 3.05) is 19.7 Å². The number of aromatic nitrogens is 2. The van der Waals surface area contributed by atoms with Gasteiger partial charge in [0.1, 0.15) is 0 Å². The number of ether oxygens (including phenoxy) is 1. The topological polar surface area (TPSA) is 58.2 Å². The zero-order valence-corrected chi connectivity index (χ0v) is 15.3. The number of nitrogens with one attached hydrogen (secondary N) is 1. The highest BCUT2D eigenvalue weighted by Crippen LogP contribution is 2.26. The molecule has 0 saturated carbocycles. The molecule has 1 aliphatic heterocycles. The van der Waals surface area contributed by atoms with Crippen molar-refractivity contribution < 1.29 is 9.53 Å². The van der Waals surface area contributed by atoms with Crippen molar-refractivity contribution in [3.8, 4) is 11.3 Å². The number of esters is 1. The van der Waals surface area contributed by atoms with Crippen molar-refractivity contribution in [2.45, 2.75) is 40.2 Å². The van der Waals surface area contributed by atoms with Crippen LogP contribution in [0.3, 0.4) is 0 Å². The molecule has 0 unspecified atom stereocenters. The first-order valence-electron chi connectivity index (χ1n) is 9.07. The molecule has 0 aliphatic carbocycles. The van der Waals surface area contributed by atoms with Crippen molar-refractivity contribution in [2.24, 2.45) is 5.92 Å². The average molecular weight is 341 g/mol. The summed E-state index contributed by atoms with van der Waals surface area (Å²) in [5.74, 6) is 0.0149. The van der Waals surface area contributed by atoms with E-state index in [0.29, 0.717) is 6.61 Å². The minimum atomic E-state index is -0.0405. The molecule has 134 valence electrons. The minimum absolute atomic E-state index is 0.0405. The molecule has 1 saturated heterocycles. The summed E-state index contributed by atoms with van der Waals surface area (Å²) in [4.78, 5) is 14.3. The van der Waals surface area contributed by atoms with E-state index in [1.165, 1.54) is 22.3 Å². The summed E-state index contributed by atoms with van der Waals surface area (Å²) < 4.78 is 5.15. The summed E-state index contributed by atoms with van der Waals surface area (Å²) in [5, 5.41) is 7.41. The maximum Gasteiger partial charge on any atom is 0.309 e. The quantitative estimate of drug-likeness (QED) is 0.846. The predicted molar refractivity (Wildman–Crippen MR) is 98.1 cm³/mol. The number of carbonyl (C=O) groups excluding carboxylic acids is 1. The van der Waals surface area contributed by atoms with Gasteiger partial charge in [-0.2, -0.15) is 5.10 Å². The van der Waals surface area contributed by atoms with Gasteiger partial charge in [0.05, 0.1) is 24.4 Å². The Bertz CT molecular complexity index is 730. The Balaban J connectivity index is 1.64. The van der Waals surface area contributed by atoms with Gasteiger partial charge in [-0.1, -0.05) is 12.1 Å². The first-order chi connectivity index (χ1) is 12.1. The number of nitrogens with zero attached hydrogens (tertiary/aromatic N) is 2. The molecule has 1 N–H and O–H groups in total. The second-order valence-electron chi connectivity index (χ2n) is 6.87. The van der Waals surface area contributed by atoms with E-state index in [0.717, 1.165) is 38.2 Å². The van der Waals surface area contributed by atoms with Crippen LogP contribution in [-0.2, 0) is 16.1 Å². The van der Waals surface area contributed by atoms with Gasteiger partial charge in [0.15, 0.2) is 0 Å². The molecular formula is C20H27N3O2. The molecule has 2 heterocycles. The maximum absolute atomic E-state index is 11.9. The number of hydrogen-bond acceptors (Lipinski definition) is 4. The monoisotopic (exact) mass is 341 g/mol. The SMILES string of the molecule is CCOC(=O)C1CCN(Cc2cn[nH]c2-c2ccc(C)c(C)c2)CC1. The number of aryl methyl sites for hydroxylation is 2. The molecule has 0 spiro atoms. The van der Waals surface area contributed by atoms with E-state index in [-0.39, 0.29) is 11.9 Å². The standard InChI is InChI=1S/C20H27N3O2/c1-4-25-20(24)16-7-9-23(10-8-16)13-18-12-21-22-19(18)17-6-5-14(2)15(3)11-17/h5-6,11-12,16H,4,7-10,13H2,1-3H3,(H,21,22). The van der Waals surface area contributed by atoms with E-state index < -0.39 is 0 Å². The van der Waals surface area contributed by atoms with Crippen molar-refractivity contribution >= 4 is 5.97 Å². The fourth-order valence-electron chi connectivity index (χ4n) is 3.41. The third kappa shape index (κ3) is 4.10. The number of hydrogen-bond donors (Lipinski definition) is 1. The summed E-state index contributed by atoms with van der Waals surface area (Å²) in [6, 6.07) is 6.51. The van der Waals surface area contributed by atoms with Crippen LogP contribution in [0.5, 0.6) is 0 Å². The van der Waals surface area contributed by atoms with Crippen LogP contribution >= 0.6 is 0 Å². The molecule has 0 radical (unpaired) electrons. The van der Waals surface area contributed by atoms with E-state index >= 15 is 0 Å². The van der Waals surface area contributed by atoms with Crippen LogP contribution in [-0.4, -0.2) is 40.8 Å². The molecule has 1 aromatic carbocycles. The molecule has 5 nitrogen and oxygen atoms in total. The van der Waals surface area contributed by atoms with Crippen molar-refractivity contribution in [1.29, 1.82) is 0 Å². The van der Waals surface area contributed by atoms with E-state index in [9.17, 15) is 4.79 Å². The Labute approximate surface area is 149 Å². The number of carbonyl (C=O) groups is 1. The van der Waals surface area contributed by atoms with Crippen LogP contribution < -0.4 is 0 Å². The average Bonchev–Trinajstić information content (AvgIpc) is 3.06. The Morgan fingerprint density at radius 2 is 2.04 bits per heavy atom. The zero-order valence-electron chi connectivity index (χ0n) is 15.3. The normalized spacial score (nSPS) is 16.1. The van der Waals surface area contributed by atoms with Crippen LogP contribution in [0.4, 0.5) is 0 Å². The number of H-pyrrole nitrogens is 1. The Kier molecular flexibility index (Phi) is 5.53. The van der Waals surface area contributed by atoms with Crippen LogP contribution in [0.15, 0.2) is 24.4 Å². The van der Waals surface area contributed by atoms with Crippen LogP contribution in [0.25, 0.3) is 11.3 Å². The van der Waals surface area contributed by atoms with E-state index in [2.05, 4.69) is 47.1 Å². The molecule has 1 fully saturated rings. The molecular weight excluding hydrogens is 314 g/mol. The summed E-state index contributed by atoms with van der Waals surface area (Å²) in [6.07, 6.45) is 3.66. The lowest BCUT2D eigenvalue weighted by molar-refractivity contribution is -0.149. The van der Waals surface area contributed by atoms with Gasteiger partial charge in [-0.3, -0.25) is 14.8 Å². The van der Waals surface area contributed by atoms with Gasteiger partial charge in [0, 0.05) is 17.7 Å². The van der Waals surface area contributed by atoms with E-state index in [4.69, 9.17) is 4.74 Å². The van der Waals surface area contributed by atoms with Gasteiger partial charge in [0.2, 0.25) is 0 Å². The van der Waals surface area contributed by atoms with Crippen molar-refractivity contribution in [3.63, 3.8) is 0 Å². The predicted octanol–water partition coefficient (Wildman–Crippen LogP) is 3.47. The third-order valence-corrected chi connectivity index (χ3v) is 5.11. The zero-order chi connectivity index (χ0) is 17.8. The fraction of sp³-hybridized carbons (Fsp3) is 0.500. The number of aromatic amines is 1. The summed E-state index contributed by atoms with van der Waals surface area (Å²) in [6.45, 7) is 9.28. The molecule has 1 aromatic heterocycles. The largest absolute Gasteiger partial charge is 0.466 e. The lowest BCUT2D eigenvalue weighted by Gasteiger charge is -2.30. The molecule has 0 amide bonds. The minimum Gasteiger partial charge on any atom is -0.466 e. The molecule has 25 heavy (non-hydrogen) atoms. The van der Waals surface area contributed by atoms with Crippen LogP contribution in [0.1, 0.15) is 36.5 Å². The number of likely N-dealkylation sites (tertiary alicyclic amines) is 1. The van der Waals surface area contributed by atoms with E-state index in [1.54, 1.807) is 0 Å². The van der Waals surface area contributed by atoms with Gasteiger partial charge >= 0.3 is 5.97 Å². The molecule has 5 heteroatoms. The number of rotatable bonds is 5. The summed E-state index contributed by atoms with van der Waals surface area (Å²) >= 11 is 0. The Morgan fingerprint density at radius 3 is 2.72 bits per heavy atom. The number of piperidine rings is 1. The third-order valence-electron chi connectivity index (χ3n) is 5.11. The van der Waals surface area contributed by atoms with Crippen LogP contribution in [0.2, 0.25) is 0 Å². The fourth-order valence-corrected chi connectivity index (χ4v) is 3.41. The van der Waals surface area contributed by atoms with Gasteiger partial charge in [-0.15, -0.1) is 0 Å².